The molecule has 1 aromatic heterocycles. The van der Waals surface area contributed by atoms with E-state index in [0.717, 1.165) is 30.8 Å². The van der Waals surface area contributed by atoms with E-state index in [4.69, 9.17) is 0 Å². The van der Waals surface area contributed by atoms with Crippen LogP contribution in [0.2, 0.25) is 0 Å². The molecule has 2 N–H and O–H groups in total. The number of amides is 1. The first-order valence-corrected chi connectivity index (χ1v) is 6.28. The van der Waals surface area contributed by atoms with Crippen LogP contribution in [-0.4, -0.2) is 25.0 Å². The molecular weight excluding hydrogens is 208 g/mol. The minimum atomic E-state index is 0.112. The smallest absolute Gasteiger partial charge is 0.261 e. The van der Waals surface area contributed by atoms with Gasteiger partial charge in [0.25, 0.3) is 5.91 Å². The van der Waals surface area contributed by atoms with Crippen LogP contribution in [0.25, 0.3) is 0 Å². The second kappa shape index (κ2) is 3.61. The molecular formula is C11H14N2OS. The number of rotatable bonds is 2. The second-order valence-corrected chi connectivity index (χ2v) is 5.38. The largest absolute Gasteiger partial charge is 0.346 e. The van der Waals surface area contributed by atoms with Crippen LogP contribution in [0.3, 0.4) is 0 Å². The standard InChI is InChI=1S/C11H14N2OS/c14-11(13-8-5-12-6-8)10-4-7-2-1-3-9(7)15-10/h4,8,12H,1-3,5-6H2,(H,13,14). The van der Waals surface area contributed by atoms with E-state index in [0.29, 0.717) is 6.04 Å². The van der Waals surface area contributed by atoms with Gasteiger partial charge < -0.3 is 10.6 Å². The zero-order valence-electron chi connectivity index (χ0n) is 8.51. The molecule has 15 heavy (non-hydrogen) atoms. The molecule has 0 aromatic carbocycles. The molecule has 3 nitrogen and oxygen atoms in total. The van der Waals surface area contributed by atoms with E-state index in [9.17, 15) is 4.79 Å². The Morgan fingerprint density at radius 2 is 2.33 bits per heavy atom. The van der Waals surface area contributed by atoms with Gasteiger partial charge in [0.2, 0.25) is 0 Å². The molecule has 0 spiro atoms. The molecule has 0 atom stereocenters. The molecule has 1 aliphatic heterocycles. The van der Waals surface area contributed by atoms with Crippen LogP contribution < -0.4 is 10.6 Å². The Kier molecular flexibility index (Phi) is 2.25. The minimum absolute atomic E-state index is 0.112. The molecule has 1 fully saturated rings. The first-order valence-electron chi connectivity index (χ1n) is 5.46. The summed E-state index contributed by atoms with van der Waals surface area (Å²) >= 11 is 1.67. The minimum Gasteiger partial charge on any atom is -0.346 e. The van der Waals surface area contributed by atoms with E-state index < -0.39 is 0 Å². The molecule has 1 saturated heterocycles. The van der Waals surface area contributed by atoms with Crippen molar-refractivity contribution in [2.75, 3.05) is 13.1 Å². The average Bonchev–Trinajstić information content (AvgIpc) is 2.69. The molecule has 2 heterocycles. The van der Waals surface area contributed by atoms with Crippen LogP contribution in [0.4, 0.5) is 0 Å². The topological polar surface area (TPSA) is 41.1 Å². The number of hydrogen-bond donors (Lipinski definition) is 2. The first-order chi connectivity index (χ1) is 7.33. The number of hydrogen-bond acceptors (Lipinski definition) is 3. The molecule has 80 valence electrons. The Hall–Kier alpha value is -0.870. The molecule has 1 amide bonds. The lowest BCUT2D eigenvalue weighted by molar-refractivity contribution is 0.0928. The first kappa shape index (κ1) is 9.36. The SMILES string of the molecule is O=C(NC1CNC1)c1cc2c(s1)CCC2. The van der Waals surface area contributed by atoms with E-state index in [1.54, 1.807) is 11.3 Å². The third-order valence-corrected chi connectivity index (χ3v) is 4.32. The predicted octanol–water partition coefficient (Wildman–Crippen LogP) is 0.938. The molecule has 0 radical (unpaired) electrons. The summed E-state index contributed by atoms with van der Waals surface area (Å²) in [6.07, 6.45) is 3.58. The molecule has 2 aliphatic rings. The van der Waals surface area contributed by atoms with Gasteiger partial charge in [0.05, 0.1) is 10.9 Å². The van der Waals surface area contributed by atoms with Gasteiger partial charge in [-0.2, -0.15) is 0 Å². The lowest BCUT2D eigenvalue weighted by atomic mass is 10.2. The lowest BCUT2D eigenvalue weighted by Crippen LogP contribution is -2.56. The van der Waals surface area contributed by atoms with Crippen molar-refractivity contribution < 1.29 is 4.79 Å². The van der Waals surface area contributed by atoms with E-state index in [2.05, 4.69) is 16.7 Å². The molecule has 0 saturated carbocycles. The number of thiophene rings is 1. The van der Waals surface area contributed by atoms with Gasteiger partial charge in [-0.05, 0) is 30.9 Å². The third kappa shape index (κ3) is 1.68. The zero-order chi connectivity index (χ0) is 10.3. The van der Waals surface area contributed by atoms with Crippen molar-refractivity contribution in [3.05, 3.63) is 21.4 Å². The number of carbonyl (C=O) groups excluding carboxylic acids is 1. The third-order valence-electron chi connectivity index (χ3n) is 3.09. The van der Waals surface area contributed by atoms with Gasteiger partial charge in [0.15, 0.2) is 0 Å². The van der Waals surface area contributed by atoms with E-state index in [1.165, 1.54) is 16.9 Å². The van der Waals surface area contributed by atoms with Gasteiger partial charge in [-0.25, -0.2) is 0 Å². The summed E-state index contributed by atoms with van der Waals surface area (Å²) < 4.78 is 0. The highest BCUT2D eigenvalue weighted by molar-refractivity contribution is 7.14. The lowest BCUT2D eigenvalue weighted by Gasteiger charge is -2.27. The summed E-state index contributed by atoms with van der Waals surface area (Å²) in [7, 11) is 0. The summed E-state index contributed by atoms with van der Waals surface area (Å²) in [6.45, 7) is 1.83. The molecule has 0 unspecified atom stereocenters. The molecule has 4 heteroatoms. The van der Waals surface area contributed by atoms with Gasteiger partial charge >= 0.3 is 0 Å². The van der Waals surface area contributed by atoms with Gasteiger partial charge in [0.1, 0.15) is 0 Å². The second-order valence-electron chi connectivity index (χ2n) is 4.24. The van der Waals surface area contributed by atoms with E-state index in [-0.39, 0.29) is 5.91 Å². The predicted molar refractivity (Wildman–Crippen MR) is 60.5 cm³/mol. The van der Waals surface area contributed by atoms with Gasteiger partial charge in [-0.1, -0.05) is 0 Å². The van der Waals surface area contributed by atoms with Crippen molar-refractivity contribution in [2.45, 2.75) is 25.3 Å². The fourth-order valence-electron chi connectivity index (χ4n) is 2.09. The van der Waals surface area contributed by atoms with Crippen molar-refractivity contribution in [1.29, 1.82) is 0 Å². The van der Waals surface area contributed by atoms with Crippen LogP contribution in [0.1, 0.15) is 26.5 Å². The number of aryl methyl sites for hydroxylation is 2. The highest BCUT2D eigenvalue weighted by atomic mass is 32.1. The van der Waals surface area contributed by atoms with Gasteiger partial charge in [-0.3, -0.25) is 4.79 Å². The van der Waals surface area contributed by atoms with Crippen molar-refractivity contribution in [2.24, 2.45) is 0 Å². The highest BCUT2D eigenvalue weighted by Crippen LogP contribution is 2.30. The number of nitrogens with one attached hydrogen (secondary N) is 2. The highest BCUT2D eigenvalue weighted by Gasteiger charge is 2.22. The maximum Gasteiger partial charge on any atom is 0.261 e. The molecule has 0 bridgehead atoms. The van der Waals surface area contributed by atoms with Gasteiger partial charge in [0, 0.05) is 18.0 Å². The van der Waals surface area contributed by atoms with Crippen LogP contribution in [0.15, 0.2) is 6.07 Å². The summed E-state index contributed by atoms with van der Waals surface area (Å²) in [5, 5.41) is 6.18. The Morgan fingerprint density at radius 3 is 3.00 bits per heavy atom. The van der Waals surface area contributed by atoms with Crippen molar-refractivity contribution in [3.8, 4) is 0 Å². The Bertz CT molecular complexity index is 374. The summed E-state index contributed by atoms with van der Waals surface area (Å²) in [4.78, 5) is 14.1. The molecule has 3 rings (SSSR count). The summed E-state index contributed by atoms with van der Waals surface area (Å²) in [5.74, 6) is 0.112. The Labute approximate surface area is 92.9 Å². The zero-order valence-corrected chi connectivity index (χ0v) is 9.32. The fraction of sp³-hybridized carbons (Fsp3) is 0.545. The summed E-state index contributed by atoms with van der Waals surface area (Å²) in [6, 6.07) is 2.42. The van der Waals surface area contributed by atoms with Crippen molar-refractivity contribution in [3.63, 3.8) is 0 Å². The van der Waals surface area contributed by atoms with Crippen LogP contribution >= 0.6 is 11.3 Å². The fourth-order valence-corrected chi connectivity index (χ4v) is 3.24. The Balaban J connectivity index is 1.71. The van der Waals surface area contributed by atoms with Crippen LogP contribution in [0, 0.1) is 0 Å². The normalized spacial score (nSPS) is 19.7. The van der Waals surface area contributed by atoms with Crippen molar-refractivity contribution >= 4 is 17.2 Å². The number of fused-ring (bicyclic) bond motifs is 1. The molecule has 1 aromatic rings. The maximum absolute atomic E-state index is 11.8. The number of carbonyl (C=O) groups is 1. The summed E-state index contributed by atoms with van der Waals surface area (Å²) in [5.41, 5.74) is 1.40. The van der Waals surface area contributed by atoms with Crippen molar-refractivity contribution in [1.82, 2.24) is 10.6 Å². The van der Waals surface area contributed by atoms with Crippen LogP contribution in [-0.2, 0) is 12.8 Å². The quantitative estimate of drug-likeness (QED) is 0.782. The molecule has 1 aliphatic carbocycles. The maximum atomic E-state index is 11.8. The average molecular weight is 222 g/mol. The monoisotopic (exact) mass is 222 g/mol. The van der Waals surface area contributed by atoms with Gasteiger partial charge in [-0.15, -0.1) is 11.3 Å². The van der Waals surface area contributed by atoms with E-state index >= 15 is 0 Å². The Morgan fingerprint density at radius 1 is 1.47 bits per heavy atom. The van der Waals surface area contributed by atoms with E-state index in [1.807, 2.05) is 0 Å². The van der Waals surface area contributed by atoms with Crippen LogP contribution in [0.5, 0.6) is 0 Å².